The number of nitrogens with zero attached hydrogens (tertiary/aromatic N) is 2. The number of rotatable bonds is 13. The van der Waals surface area contributed by atoms with Gasteiger partial charge < -0.3 is 29.9 Å². The van der Waals surface area contributed by atoms with Crippen molar-refractivity contribution in [3.63, 3.8) is 0 Å². The Labute approximate surface area is 248 Å². The van der Waals surface area contributed by atoms with Gasteiger partial charge in [-0.15, -0.1) is 0 Å². The Balaban J connectivity index is 1.56. The minimum absolute atomic E-state index is 0.120. The van der Waals surface area contributed by atoms with Crippen molar-refractivity contribution in [2.24, 2.45) is 0 Å². The van der Waals surface area contributed by atoms with Crippen molar-refractivity contribution in [3.8, 4) is 5.75 Å². The molecule has 1 fully saturated rings. The lowest BCUT2D eigenvalue weighted by molar-refractivity contribution is -0.149. The van der Waals surface area contributed by atoms with E-state index in [4.69, 9.17) is 9.47 Å². The monoisotopic (exact) mass is 574 g/mol. The maximum Gasteiger partial charge on any atom is 0.249 e. The first-order valence-electron chi connectivity index (χ1n) is 14.5. The van der Waals surface area contributed by atoms with Crippen molar-refractivity contribution in [2.75, 3.05) is 48.0 Å². The second-order valence-corrected chi connectivity index (χ2v) is 10.8. The summed E-state index contributed by atoms with van der Waals surface area (Å²) in [5.41, 5.74) is 1.80. The Morgan fingerprint density at radius 3 is 2.29 bits per heavy atom. The molecule has 1 aliphatic heterocycles. The van der Waals surface area contributed by atoms with Crippen LogP contribution in [0.4, 0.5) is 0 Å². The van der Waals surface area contributed by atoms with Gasteiger partial charge in [0.25, 0.3) is 0 Å². The minimum Gasteiger partial charge on any atom is -0.497 e. The SMILES string of the molecule is CNC(=O)C(Cc1ccc(OC)cc1)N(C)C(=O)C(Cc1ccc2ccccc2c1)N(C)C(=O)COCC1CCCN1. The molecule has 2 N–H and O–H groups in total. The van der Waals surface area contributed by atoms with Crippen LogP contribution in [-0.2, 0) is 32.0 Å². The number of benzene rings is 3. The van der Waals surface area contributed by atoms with Crippen molar-refractivity contribution in [3.05, 3.63) is 77.9 Å². The number of amides is 3. The largest absolute Gasteiger partial charge is 0.497 e. The maximum atomic E-state index is 14.2. The predicted octanol–water partition coefficient (Wildman–Crippen LogP) is 2.80. The third kappa shape index (κ3) is 7.86. The maximum absolute atomic E-state index is 14.2. The zero-order chi connectivity index (χ0) is 30.1. The summed E-state index contributed by atoms with van der Waals surface area (Å²) < 4.78 is 11.0. The first kappa shape index (κ1) is 31.0. The average molecular weight is 575 g/mol. The van der Waals surface area contributed by atoms with E-state index >= 15 is 0 Å². The van der Waals surface area contributed by atoms with Gasteiger partial charge in [-0.2, -0.15) is 0 Å². The molecule has 42 heavy (non-hydrogen) atoms. The van der Waals surface area contributed by atoms with Crippen molar-refractivity contribution >= 4 is 28.5 Å². The first-order valence-corrected chi connectivity index (χ1v) is 14.5. The lowest BCUT2D eigenvalue weighted by Gasteiger charge is -2.34. The van der Waals surface area contributed by atoms with Crippen molar-refractivity contribution in [1.29, 1.82) is 0 Å². The molecule has 9 heteroatoms. The Hall–Kier alpha value is -3.95. The fourth-order valence-electron chi connectivity index (χ4n) is 5.39. The Morgan fingerprint density at radius 1 is 0.929 bits per heavy atom. The van der Waals surface area contributed by atoms with Gasteiger partial charge in [-0.3, -0.25) is 14.4 Å². The van der Waals surface area contributed by atoms with Gasteiger partial charge in [0.1, 0.15) is 24.4 Å². The van der Waals surface area contributed by atoms with Crippen LogP contribution in [0.15, 0.2) is 66.7 Å². The zero-order valence-electron chi connectivity index (χ0n) is 25.0. The van der Waals surface area contributed by atoms with E-state index in [2.05, 4.69) is 10.6 Å². The molecule has 3 amide bonds. The molecule has 1 heterocycles. The van der Waals surface area contributed by atoms with Crippen LogP contribution in [-0.4, -0.2) is 93.7 Å². The topological polar surface area (TPSA) is 100 Å². The van der Waals surface area contributed by atoms with Gasteiger partial charge in [0, 0.05) is 40.0 Å². The second kappa shape index (κ2) is 14.8. The Kier molecular flexibility index (Phi) is 10.9. The van der Waals surface area contributed by atoms with Gasteiger partial charge in [-0.05, 0) is 53.4 Å². The second-order valence-electron chi connectivity index (χ2n) is 10.8. The van der Waals surface area contributed by atoms with Gasteiger partial charge in [0.15, 0.2) is 0 Å². The van der Waals surface area contributed by atoms with Crippen LogP contribution in [0.2, 0.25) is 0 Å². The van der Waals surface area contributed by atoms with E-state index in [9.17, 15) is 14.4 Å². The highest BCUT2D eigenvalue weighted by atomic mass is 16.5. The van der Waals surface area contributed by atoms with Crippen LogP contribution in [0, 0.1) is 0 Å². The van der Waals surface area contributed by atoms with Gasteiger partial charge in [-0.1, -0.05) is 54.6 Å². The summed E-state index contributed by atoms with van der Waals surface area (Å²) in [4.78, 5) is 43.5. The number of likely N-dealkylation sites (N-methyl/N-ethyl adjacent to an activating group) is 3. The van der Waals surface area contributed by atoms with Gasteiger partial charge in [0.2, 0.25) is 17.7 Å². The molecule has 1 aliphatic rings. The molecule has 3 aromatic carbocycles. The summed E-state index contributed by atoms with van der Waals surface area (Å²) in [6, 6.07) is 20.1. The summed E-state index contributed by atoms with van der Waals surface area (Å²) in [5, 5.41) is 8.21. The number of ether oxygens (including phenoxy) is 2. The molecular weight excluding hydrogens is 532 g/mol. The van der Waals surface area contributed by atoms with E-state index in [1.807, 2.05) is 66.7 Å². The molecule has 3 unspecified atom stereocenters. The fourth-order valence-corrected chi connectivity index (χ4v) is 5.39. The predicted molar refractivity (Wildman–Crippen MR) is 163 cm³/mol. The smallest absolute Gasteiger partial charge is 0.249 e. The first-order chi connectivity index (χ1) is 20.3. The number of carbonyl (C=O) groups excluding carboxylic acids is 3. The number of hydrogen-bond donors (Lipinski definition) is 2. The van der Waals surface area contributed by atoms with Crippen LogP contribution in [0.1, 0.15) is 24.0 Å². The van der Waals surface area contributed by atoms with Gasteiger partial charge in [0.05, 0.1) is 13.7 Å². The average Bonchev–Trinajstić information content (AvgIpc) is 3.55. The Morgan fingerprint density at radius 2 is 1.62 bits per heavy atom. The van der Waals surface area contributed by atoms with E-state index in [-0.39, 0.29) is 30.4 Å². The molecule has 0 aromatic heterocycles. The highest BCUT2D eigenvalue weighted by Gasteiger charge is 2.35. The molecule has 0 aliphatic carbocycles. The minimum atomic E-state index is -0.833. The number of nitrogens with one attached hydrogen (secondary N) is 2. The van der Waals surface area contributed by atoms with Crippen LogP contribution in [0.5, 0.6) is 5.75 Å². The van der Waals surface area contributed by atoms with E-state index in [1.165, 1.54) is 9.80 Å². The summed E-state index contributed by atoms with van der Waals surface area (Å²) in [7, 11) is 6.41. The number of hydrogen-bond acceptors (Lipinski definition) is 6. The van der Waals surface area contributed by atoms with E-state index in [1.54, 1.807) is 28.3 Å². The van der Waals surface area contributed by atoms with E-state index in [0.717, 1.165) is 41.3 Å². The quantitative estimate of drug-likeness (QED) is 0.326. The van der Waals surface area contributed by atoms with E-state index in [0.29, 0.717) is 25.2 Å². The summed E-state index contributed by atoms with van der Waals surface area (Å²) in [6.07, 6.45) is 2.72. The third-order valence-corrected chi connectivity index (χ3v) is 8.05. The lowest BCUT2D eigenvalue weighted by Crippen LogP contribution is -2.56. The molecule has 9 nitrogen and oxygen atoms in total. The Bertz CT molecular complexity index is 1360. The number of carbonyl (C=O) groups is 3. The molecule has 3 atom stereocenters. The van der Waals surface area contributed by atoms with Crippen LogP contribution in [0.3, 0.4) is 0 Å². The van der Waals surface area contributed by atoms with Crippen molar-refractivity contribution in [1.82, 2.24) is 20.4 Å². The van der Waals surface area contributed by atoms with Crippen LogP contribution >= 0.6 is 0 Å². The molecule has 0 spiro atoms. The molecule has 0 bridgehead atoms. The molecule has 0 radical (unpaired) electrons. The summed E-state index contributed by atoms with van der Waals surface area (Å²) in [5.74, 6) is -0.181. The lowest BCUT2D eigenvalue weighted by atomic mass is 9.98. The van der Waals surface area contributed by atoms with Gasteiger partial charge in [-0.25, -0.2) is 0 Å². The van der Waals surface area contributed by atoms with Gasteiger partial charge >= 0.3 is 0 Å². The van der Waals surface area contributed by atoms with Crippen molar-refractivity contribution < 1.29 is 23.9 Å². The summed E-state index contributed by atoms with van der Waals surface area (Å²) in [6.45, 7) is 1.29. The molecular formula is C33H42N4O5. The number of fused-ring (bicyclic) bond motifs is 1. The summed E-state index contributed by atoms with van der Waals surface area (Å²) >= 11 is 0. The number of methoxy groups -OCH3 is 1. The van der Waals surface area contributed by atoms with E-state index < -0.39 is 12.1 Å². The van der Waals surface area contributed by atoms with Crippen molar-refractivity contribution in [2.45, 2.75) is 43.8 Å². The normalized spacial score (nSPS) is 16.0. The van der Waals surface area contributed by atoms with Crippen LogP contribution in [0.25, 0.3) is 10.8 Å². The van der Waals surface area contributed by atoms with Crippen LogP contribution < -0.4 is 15.4 Å². The molecule has 1 saturated heterocycles. The molecule has 3 aromatic rings. The molecule has 4 rings (SSSR count). The molecule has 0 saturated carbocycles. The highest BCUT2D eigenvalue weighted by molar-refractivity contribution is 5.92. The standard InChI is InChI=1S/C33H42N4O5/c1-34-32(39)29(19-23-12-15-28(41-4)16-13-23)37(3)33(40)30(20-24-11-14-25-8-5-6-9-26(25)18-24)36(2)31(38)22-42-21-27-10-7-17-35-27/h5-6,8-9,11-16,18,27,29-30,35H,7,10,17,19-22H2,1-4H3,(H,34,39). The highest BCUT2D eigenvalue weighted by Crippen LogP contribution is 2.21. The zero-order valence-corrected chi connectivity index (χ0v) is 25.0. The molecule has 224 valence electrons. The third-order valence-electron chi connectivity index (χ3n) is 8.05. The fraction of sp³-hybridized carbons (Fsp3) is 0.424.